The molecule has 0 radical (unpaired) electrons. The fourth-order valence-electron chi connectivity index (χ4n) is 8.90. The second kappa shape index (κ2) is 28.3. The van der Waals surface area contributed by atoms with Crippen LogP contribution in [0, 0.1) is 40.4 Å². The number of aromatic nitrogens is 1. The van der Waals surface area contributed by atoms with Crippen molar-refractivity contribution in [2.24, 2.45) is 0 Å². The van der Waals surface area contributed by atoms with Gasteiger partial charge in [0.2, 0.25) is 5.78 Å². The number of methoxy groups -OCH3 is 1. The SMILES string of the molecule is CC(C(=O)O)c1ccc(C(=O)c2cccs2)cc1.COc1ccc2c(c1)c(CC(=O)O)c(C)n2C(=O)c1ccc(C)cc1.Cc1ccc(Cc2c(F)cccc2Cl)c(CC(=O)O)c1.Cc1cccc(Cc2ccccc2C(=O)O)c1C. The number of halogens is 2. The molecule has 0 bridgehead atoms. The Balaban J connectivity index is 0.000000176. The second-order valence-electron chi connectivity index (χ2n) is 19.2. The van der Waals surface area contributed by atoms with Crippen LogP contribution in [0.3, 0.4) is 0 Å². The molecule has 7 aromatic carbocycles. The van der Waals surface area contributed by atoms with E-state index in [0.717, 1.165) is 27.6 Å². The molecule has 9 rings (SSSR count). The van der Waals surface area contributed by atoms with E-state index < -0.39 is 29.8 Å². The molecule has 1 atom stereocenters. The zero-order valence-corrected chi connectivity index (χ0v) is 47.3. The van der Waals surface area contributed by atoms with Crippen LogP contribution in [0.4, 0.5) is 4.39 Å². The summed E-state index contributed by atoms with van der Waals surface area (Å²) in [5, 5.41) is 39.2. The van der Waals surface area contributed by atoms with Crippen LogP contribution in [0.2, 0.25) is 5.02 Å². The molecule has 0 aliphatic heterocycles. The minimum Gasteiger partial charge on any atom is -0.497 e. The number of hydrogen-bond acceptors (Lipinski definition) is 8. The highest BCUT2D eigenvalue weighted by molar-refractivity contribution is 7.12. The largest absolute Gasteiger partial charge is 0.497 e. The molecule has 4 N–H and O–H groups in total. The van der Waals surface area contributed by atoms with Gasteiger partial charge in [-0.2, -0.15) is 0 Å². The fourth-order valence-corrected chi connectivity index (χ4v) is 9.82. The summed E-state index contributed by atoms with van der Waals surface area (Å²) in [6.07, 6.45) is 0.719. The van der Waals surface area contributed by atoms with Gasteiger partial charge in [-0.3, -0.25) is 28.5 Å². The van der Waals surface area contributed by atoms with Crippen molar-refractivity contribution in [3.05, 3.63) is 262 Å². The first-order valence-corrected chi connectivity index (χ1v) is 26.9. The van der Waals surface area contributed by atoms with Crippen LogP contribution in [0.15, 0.2) is 163 Å². The summed E-state index contributed by atoms with van der Waals surface area (Å²) in [4.78, 5) is 69.9. The second-order valence-corrected chi connectivity index (χ2v) is 20.6. The van der Waals surface area contributed by atoms with Crippen molar-refractivity contribution >= 4 is 69.4 Å². The summed E-state index contributed by atoms with van der Waals surface area (Å²) in [5.74, 6) is -4.09. The molecule has 0 spiro atoms. The predicted octanol–water partition coefficient (Wildman–Crippen LogP) is 14.3. The van der Waals surface area contributed by atoms with Crippen LogP contribution < -0.4 is 4.74 Å². The monoisotopic (exact) mass is 1130 g/mol. The average Bonchev–Trinajstić information content (AvgIpc) is 4.14. The Morgan fingerprint density at radius 3 is 1.88 bits per heavy atom. The van der Waals surface area contributed by atoms with E-state index in [9.17, 15) is 38.3 Å². The van der Waals surface area contributed by atoms with Gasteiger partial charge < -0.3 is 25.2 Å². The number of carboxylic acid groups (broad SMARTS) is 4. The summed E-state index contributed by atoms with van der Waals surface area (Å²) in [6.45, 7) is 11.4. The zero-order valence-electron chi connectivity index (χ0n) is 45.8. The maximum atomic E-state index is 13.8. The normalized spacial score (nSPS) is 10.9. The van der Waals surface area contributed by atoms with Crippen LogP contribution in [-0.2, 0) is 40.1 Å². The molecular formula is C66H61ClFNO11S. The minimum absolute atomic E-state index is 0.0282. The van der Waals surface area contributed by atoms with E-state index in [4.69, 9.17) is 31.7 Å². The first kappa shape index (κ1) is 61.2. The lowest BCUT2D eigenvalue weighted by molar-refractivity contribution is -0.138. The Bertz CT molecular complexity index is 3720. The average molecular weight is 1130 g/mol. The Hall–Kier alpha value is -8.98. The first-order valence-electron chi connectivity index (χ1n) is 25.6. The fraction of sp³-hybridized carbons (Fsp3) is 0.182. The van der Waals surface area contributed by atoms with E-state index in [1.54, 1.807) is 110 Å². The number of carboxylic acids is 4. The number of thiophene rings is 1. The summed E-state index contributed by atoms with van der Waals surface area (Å²) >= 11 is 7.41. The number of carbonyl (C=O) groups excluding carboxylic acids is 2. The molecule has 15 heteroatoms. The van der Waals surface area contributed by atoms with Gasteiger partial charge in [0, 0.05) is 39.2 Å². The number of hydrogen-bond donors (Lipinski definition) is 4. The number of rotatable bonds is 15. The van der Waals surface area contributed by atoms with Crippen molar-refractivity contribution in [1.82, 2.24) is 4.57 Å². The van der Waals surface area contributed by atoms with Gasteiger partial charge in [0.25, 0.3) is 5.91 Å². The molecule has 2 aromatic heterocycles. The summed E-state index contributed by atoms with van der Waals surface area (Å²) < 4.78 is 20.6. The highest BCUT2D eigenvalue weighted by Crippen LogP contribution is 2.31. The number of benzene rings is 7. The number of fused-ring (bicyclic) bond motifs is 1. The van der Waals surface area contributed by atoms with Crippen LogP contribution in [-0.4, -0.2) is 67.7 Å². The lowest BCUT2D eigenvalue weighted by Gasteiger charge is -2.11. The molecule has 0 aliphatic rings. The topological polar surface area (TPSA) is 197 Å². The standard InChI is InChI=1S/C20H19NO4.C16H14ClFO2.C16H16O2.C14H12O3S/c1-12-4-6-14(7-5-12)20(24)21-13(2)16(11-19(22)23)17-10-15(25-3)8-9-18(17)21;1-10-5-6-11(12(7-10)9-16(19)20)8-13-14(17)3-2-4-15(13)18;1-11-6-5-8-13(12(11)2)10-14-7-3-4-9-15(14)16(17)18;1-9(14(16)17)10-4-6-11(7-5-10)13(15)12-3-2-8-18-12/h4-10H,11H2,1-3H3,(H,22,23);2-7H,8-9H2,1H3,(H,19,20);3-9H,10H2,1-2H3,(H,17,18);2-9H,1H3,(H,16,17). The molecule has 9 aromatic rings. The molecule has 0 aliphatic carbocycles. The third-order valence-corrected chi connectivity index (χ3v) is 14.9. The van der Waals surface area contributed by atoms with Gasteiger partial charge in [-0.25, -0.2) is 9.18 Å². The third-order valence-electron chi connectivity index (χ3n) is 13.6. The van der Waals surface area contributed by atoms with Gasteiger partial charge in [0.15, 0.2) is 0 Å². The number of carbonyl (C=O) groups is 6. The van der Waals surface area contributed by atoms with Crippen LogP contribution in [0.5, 0.6) is 5.75 Å². The Kier molecular flexibility index (Phi) is 21.4. The molecule has 0 amide bonds. The Morgan fingerprint density at radius 2 is 1.26 bits per heavy atom. The maximum Gasteiger partial charge on any atom is 0.335 e. The number of aromatic carboxylic acids is 1. The van der Waals surface area contributed by atoms with Gasteiger partial charge in [0.1, 0.15) is 11.6 Å². The van der Waals surface area contributed by atoms with E-state index in [0.29, 0.717) is 72.2 Å². The van der Waals surface area contributed by atoms with Gasteiger partial charge >= 0.3 is 23.9 Å². The number of ether oxygens (including phenoxy) is 1. The molecule has 0 saturated carbocycles. The van der Waals surface area contributed by atoms with Crippen LogP contribution in [0.25, 0.3) is 10.9 Å². The molecular weight excluding hydrogens is 1070 g/mol. The van der Waals surface area contributed by atoms with Gasteiger partial charge in [0.05, 0.1) is 41.8 Å². The van der Waals surface area contributed by atoms with Gasteiger partial charge in [-0.1, -0.05) is 126 Å². The van der Waals surface area contributed by atoms with Crippen LogP contribution >= 0.6 is 22.9 Å². The van der Waals surface area contributed by atoms with E-state index in [1.165, 1.54) is 34.1 Å². The predicted molar refractivity (Wildman–Crippen MR) is 315 cm³/mol. The summed E-state index contributed by atoms with van der Waals surface area (Å²) in [7, 11) is 1.55. The van der Waals surface area contributed by atoms with Crippen molar-refractivity contribution < 1.29 is 58.3 Å². The molecule has 1 unspecified atom stereocenters. The zero-order chi connectivity index (χ0) is 59.1. The molecule has 0 saturated heterocycles. The quantitative estimate of drug-likeness (QED) is 0.0713. The molecule has 81 heavy (non-hydrogen) atoms. The first-order chi connectivity index (χ1) is 38.6. The van der Waals surface area contributed by atoms with Crippen molar-refractivity contribution in [3.63, 3.8) is 0 Å². The molecule has 12 nitrogen and oxygen atoms in total. The van der Waals surface area contributed by atoms with Crippen molar-refractivity contribution in [2.45, 2.75) is 73.1 Å². The maximum absolute atomic E-state index is 13.8. The lowest BCUT2D eigenvalue weighted by atomic mass is 9.95. The number of aliphatic carboxylic acids is 3. The lowest BCUT2D eigenvalue weighted by Crippen LogP contribution is -2.14. The minimum atomic E-state index is -0.937. The third kappa shape index (κ3) is 16.1. The van der Waals surface area contributed by atoms with E-state index >= 15 is 0 Å². The van der Waals surface area contributed by atoms with E-state index in [1.807, 2.05) is 73.8 Å². The summed E-state index contributed by atoms with van der Waals surface area (Å²) in [5.41, 5.74) is 12.6. The molecule has 2 heterocycles. The number of ketones is 1. The highest BCUT2D eigenvalue weighted by Gasteiger charge is 2.22. The van der Waals surface area contributed by atoms with Crippen molar-refractivity contribution in [3.8, 4) is 5.75 Å². The van der Waals surface area contributed by atoms with E-state index in [-0.39, 0.29) is 36.8 Å². The smallest absolute Gasteiger partial charge is 0.335 e. The Labute approximate surface area is 478 Å². The van der Waals surface area contributed by atoms with Crippen LogP contribution in [0.1, 0.15) is 116 Å². The van der Waals surface area contributed by atoms with E-state index in [2.05, 4.69) is 26.0 Å². The molecule has 0 fully saturated rings. The van der Waals surface area contributed by atoms with Crippen molar-refractivity contribution in [2.75, 3.05) is 7.11 Å². The van der Waals surface area contributed by atoms with Crippen molar-refractivity contribution in [1.29, 1.82) is 0 Å². The Morgan fingerprint density at radius 1 is 0.617 bits per heavy atom. The summed E-state index contributed by atoms with van der Waals surface area (Å²) in [6, 6.07) is 46.4. The highest BCUT2D eigenvalue weighted by atomic mass is 35.5. The number of aryl methyl sites for hydroxylation is 3. The molecule has 416 valence electrons. The van der Waals surface area contributed by atoms with Gasteiger partial charge in [-0.05, 0) is 152 Å². The van der Waals surface area contributed by atoms with Gasteiger partial charge in [-0.15, -0.1) is 11.3 Å². The number of nitrogens with zero attached hydrogens (tertiary/aromatic N) is 1.